The number of hydrogen-bond donors (Lipinski definition) is 1. The molecule has 4 heteroatoms. The van der Waals surface area contributed by atoms with Crippen molar-refractivity contribution in [2.75, 3.05) is 13.7 Å². The molecule has 0 unspecified atom stereocenters. The first-order chi connectivity index (χ1) is 11.0. The number of rotatable bonds is 7. The topological polar surface area (TPSA) is 43.4 Å². The number of pyridine rings is 1. The highest BCUT2D eigenvalue weighted by atomic mass is 16.5. The molecule has 2 aromatic rings. The van der Waals surface area contributed by atoms with Crippen molar-refractivity contribution in [2.45, 2.75) is 33.9 Å². The second-order valence-corrected chi connectivity index (χ2v) is 6.80. The zero-order valence-electron chi connectivity index (χ0n) is 14.4. The minimum Gasteiger partial charge on any atom is -0.493 e. The molecule has 0 bridgehead atoms. The van der Waals surface area contributed by atoms with E-state index in [0.29, 0.717) is 6.61 Å². The molecule has 0 amide bonds. The monoisotopic (exact) mass is 314 g/mol. The summed E-state index contributed by atoms with van der Waals surface area (Å²) < 4.78 is 11.3. The van der Waals surface area contributed by atoms with E-state index in [1.54, 1.807) is 19.5 Å². The smallest absolute Gasteiger partial charge is 0.161 e. The molecule has 23 heavy (non-hydrogen) atoms. The van der Waals surface area contributed by atoms with Crippen molar-refractivity contribution in [3.05, 3.63) is 53.9 Å². The van der Waals surface area contributed by atoms with Crippen LogP contribution in [0.2, 0.25) is 0 Å². The third-order valence-electron chi connectivity index (χ3n) is 3.33. The van der Waals surface area contributed by atoms with E-state index in [2.05, 4.69) is 37.1 Å². The van der Waals surface area contributed by atoms with Crippen LogP contribution in [0.3, 0.4) is 0 Å². The molecular formula is C19H26N2O2. The van der Waals surface area contributed by atoms with Gasteiger partial charge in [-0.3, -0.25) is 4.98 Å². The Hall–Kier alpha value is -2.07. The van der Waals surface area contributed by atoms with E-state index in [0.717, 1.165) is 30.2 Å². The maximum absolute atomic E-state index is 5.91. The van der Waals surface area contributed by atoms with E-state index in [1.165, 1.54) is 5.56 Å². The van der Waals surface area contributed by atoms with Gasteiger partial charge in [-0.2, -0.15) is 0 Å². The largest absolute Gasteiger partial charge is 0.493 e. The Morgan fingerprint density at radius 2 is 1.91 bits per heavy atom. The molecule has 0 aliphatic carbocycles. The number of hydrogen-bond acceptors (Lipinski definition) is 4. The van der Waals surface area contributed by atoms with Gasteiger partial charge < -0.3 is 14.8 Å². The molecule has 0 fully saturated rings. The van der Waals surface area contributed by atoms with E-state index in [9.17, 15) is 0 Å². The molecule has 0 saturated carbocycles. The summed E-state index contributed by atoms with van der Waals surface area (Å²) in [5, 5.41) is 3.47. The first-order valence-corrected chi connectivity index (χ1v) is 7.87. The number of methoxy groups -OCH3 is 1. The van der Waals surface area contributed by atoms with Gasteiger partial charge in [0.25, 0.3) is 0 Å². The van der Waals surface area contributed by atoms with Crippen molar-refractivity contribution >= 4 is 0 Å². The average molecular weight is 314 g/mol. The van der Waals surface area contributed by atoms with Gasteiger partial charge in [0.05, 0.1) is 7.11 Å². The van der Waals surface area contributed by atoms with Crippen LogP contribution >= 0.6 is 0 Å². The van der Waals surface area contributed by atoms with Crippen molar-refractivity contribution in [1.29, 1.82) is 0 Å². The quantitative estimate of drug-likeness (QED) is 0.844. The van der Waals surface area contributed by atoms with Crippen LogP contribution in [0.5, 0.6) is 11.5 Å². The van der Waals surface area contributed by atoms with Crippen molar-refractivity contribution < 1.29 is 9.47 Å². The highest BCUT2D eigenvalue weighted by Crippen LogP contribution is 2.29. The zero-order valence-corrected chi connectivity index (χ0v) is 14.4. The van der Waals surface area contributed by atoms with Gasteiger partial charge in [-0.15, -0.1) is 0 Å². The minimum absolute atomic E-state index is 0.270. The molecule has 1 N–H and O–H groups in total. The lowest BCUT2D eigenvalue weighted by atomic mass is 9.97. The van der Waals surface area contributed by atoms with Crippen molar-refractivity contribution in [3.63, 3.8) is 0 Å². The maximum Gasteiger partial charge on any atom is 0.161 e. The Labute approximate surface area is 138 Å². The fraction of sp³-hybridized carbons (Fsp3) is 0.421. The molecular weight excluding hydrogens is 288 g/mol. The Bertz CT molecular complexity index is 607. The summed E-state index contributed by atoms with van der Waals surface area (Å²) in [6, 6.07) is 9.94. The Kier molecular flexibility index (Phi) is 5.99. The summed E-state index contributed by atoms with van der Waals surface area (Å²) in [4.78, 5) is 4.10. The van der Waals surface area contributed by atoms with E-state index in [1.807, 2.05) is 24.3 Å². The molecule has 0 saturated heterocycles. The SMILES string of the molecule is COc1ccc(CNCC(C)(C)C)cc1OCc1cccnc1. The van der Waals surface area contributed by atoms with E-state index in [-0.39, 0.29) is 5.41 Å². The van der Waals surface area contributed by atoms with Gasteiger partial charge in [0.1, 0.15) is 6.61 Å². The first kappa shape index (κ1) is 17.3. The number of nitrogens with zero attached hydrogens (tertiary/aromatic N) is 1. The summed E-state index contributed by atoms with van der Waals surface area (Å²) in [6.45, 7) is 8.90. The Morgan fingerprint density at radius 1 is 1.09 bits per heavy atom. The third kappa shape index (κ3) is 5.91. The van der Waals surface area contributed by atoms with E-state index >= 15 is 0 Å². The Morgan fingerprint density at radius 3 is 2.57 bits per heavy atom. The number of aromatic nitrogens is 1. The number of ether oxygens (including phenoxy) is 2. The van der Waals surface area contributed by atoms with Gasteiger partial charge in [-0.1, -0.05) is 32.9 Å². The van der Waals surface area contributed by atoms with Crippen molar-refractivity contribution in [3.8, 4) is 11.5 Å². The van der Waals surface area contributed by atoms with Gasteiger partial charge in [0.2, 0.25) is 0 Å². The van der Waals surface area contributed by atoms with Crippen LogP contribution in [0.15, 0.2) is 42.7 Å². The van der Waals surface area contributed by atoms with Crippen LogP contribution < -0.4 is 14.8 Å². The van der Waals surface area contributed by atoms with Crippen LogP contribution in [0.4, 0.5) is 0 Å². The van der Waals surface area contributed by atoms with Gasteiger partial charge >= 0.3 is 0 Å². The van der Waals surface area contributed by atoms with E-state index < -0.39 is 0 Å². The molecule has 0 atom stereocenters. The average Bonchev–Trinajstić information content (AvgIpc) is 2.53. The molecule has 1 aromatic heterocycles. The summed E-state index contributed by atoms with van der Waals surface area (Å²) in [6.07, 6.45) is 3.56. The number of nitrogens with one attached hydrogen (secondary N) is 1. The van der Waals surface area contributed by atoms with Crippen molar-refractivity contribution in [1.82, 2.24) is 10.3 Å². The zero-order chi connectivity index (χ0) is 16.7. The summed E-state index contributed by atoms with van der Waals surface area (Å²) in [5.41, 5.74) is 2.48. The van der Waals surface area contributed by atoms with Crippen LogP contribution in [0.1, 0.15) is 31.9 Å². The van der Waals surface area contributed by atoms with Gasteiger partial charge in [0, 0.05) is 31.0 Å². The van der Waals surface area contributed by atoms with Crippen LogP contribution in [-0.2, 0) is 13.2 Å². The molecule has 0 radical (unpaired) electrons. The minimum atomic E-state index is 0.270. The van der Waals surface area contributed by atoms with Crippen LogP contribution in [-0.4, -0.2) is 18.6 Å². The fourth-order valence-corrected chi connectivity index (χ4v) is 2.17. The molecule has 0 aliphatic heterocycles. The molecule has 0 spiro atoms. The lowest BCUT2D eigenvalue weighted by Crippen LogP contribution is -2.26. The predicted octanol–water partition coefficient (Wildman–Crippen LogP) is 3.80. The maximum atomic E-state index is 5.91. The van der Waals surface area contributed by atoms with E-state index in [4.69, 9.17) is 9.47 Å². The standard InChI is InChI=1S/C19H26N2O2/c1-19(2,3)14-21-11-15-7-8-17(22-4)18(10-15)23-13-16-6-5-9-20-12-16/h5-10,12,21H,11,13-14H2,1-4H3. The van der Waals surface area contributed by atoms with Gasteiger partial charge in [0.15, 0.2) is 11.5 Å². The molecule has 2 rings (SSSR count). The third-order valence-corrected chi connectivity index (χ3v) is 3.33. The summed E-state index contributed by atoms with van der Waals surface area (Å²) >= 11 is 0. The molecule has 0 aliphatic rings. The second kappa shape index (κ2) is 7.97. The Balaban J connectivity index is 2.00. The number of benzene rings is 1. The lowest BCUT2D eigenvalue weighted by Gasteiger charge is -2.19. The van der Waals surface area contributed by atoms with Gasteiger partial charge in [-0.25, -0.2) is 0 Å². The molecule has 124 valence electrons. The fourth-order valence-electron chi connectivity index (χ4n) is 2.17. The van der Waals surface area contributed by atoms with Crippen LogP contribution in [0, 0.1) is 5.41 Å². The summed E-state index contributed by atoms with van der Waals surface area (Å²) in [5.74, 6) is 1.50. The highest BCUT2D eigenvalue weighted by molar-refractivity contribution is 5.43. The lowest BCUT2D eigenvalue weighted by molar-refractivity contribution is 0.283. The normalized spacial score (nSPS) is 11.3. The predicted molar refractivity (Wildman–Crippen MR) is 92.7 cm³/mol. The highest BCUT2D eigenvalue weighted by Gasteiger charge is 2.10. The molecule has 1 aromatic carbocycles. The van der Waals surface area contributed by atoms with Gasteiger partial charge in [-0.05, 0) is 29.2 Å². The molecule has 4 nitrogen and oxygen atoms in total. The first-order valence-electron chi connectivity index (χ1n) is 7.87. The van der Waals surface area contributed by atoms with Crippen LogP contribution in [0.25, 0.3) is 0 Å². The molecule has 1 heterocycles. The summed E-state index contributed by atoms with van der Waals surface area (Å²) in [7, 11) is 1.66. The van der Waals surface area contributed by atoms with Crippen molar-refractivity contribution in [2.24, 2.45) is 5.41 Å². The second-order valence-electron chi connectivity index (χ2n) is 6.80.